The van der Waals surface area contributed by atoms with E-state index in [9.17, 15) is 9.59 Å². The van der Waals surface area contributed by atoms with Gasteiger partial charge in [-0.2, -0.15) is 0 Å². The van der Waals surface area contributed by atoms with Gasteiger partial charge in [0.25, 0.3) is 0 Å². The van der Waals surface area contributed by atoms with Crippen molar-refractivity contribution in [2.24, 2.45) is 11.7 Å². The maximum atomic E-state index is 12.3. The van der Waals surface area contributed by atoms with Crippen molar-refractivity contribution in [1.29, 1.82) is 0 Å². The Bertz CT molecular complexity index is 314. The van der Waals surface area contributed by atoms with Crippen molar-refractivity contribution in [3.8, 4) is 0 Å². The van der Waals surface area contributed by atoms with E-state index in [1.54, 1.807) is 4.90 Å². The fraction of sp³-hybridized carbons (Fsp3) is 0.857. The van der Waals surface area contributed by atoms with Crippen molar-refractivity contribution in [3.63, 3.8) is 0 Å². The Morgan fingerprint density at radius 1 is 1.32 bits per heavy atom. The van der Waals surface area contributed by atoms with Crippen LogP contribution >= 0.6 is 0 Å². The number of aliphatic carboxylic acids is 1. The van der Waals surface area contributed by atoms with Crippen LogP contribution in [0.3, 0.4) is 0 Å². The van der Waals surface area contributed by atoms with Gasteiger partial charge in [-0.05, 0) is 32.6 Å². The minimum Gasteiger partial charge on any atom is -0.481 e. The summed E-state index contributed by atoms with van der Waals surface area (Å²) < 4.78 is 0. The van der Waals surface area contributed by atoms with Gasteiger partial charge in [-0.3, -0.25) is 9.59 Å². The van der Waals surface area contributed by atoms with Gasteiger partial charge in [0, 0.05) is 24.5 Å². The van der Waals surface area contributed by atoms with Crippen molar-refractivity contribution in [3.05, 3.63) is 0 Å². The number of carboxylic acids is 1. The molecule has 0 aromatic carbocycles. The van der Waals surface area contributed by atoms with E-state index in [0.717, 1.165) is 32.1 Å². The average molecular weight is 270 g/mol. The smallest absolute Gasteiger partial charge is 0.305 e. The van der Waals surface area contributed by atoms with Crippen LogP contribution in [0.4, 0.5) is 0 Å². The first-order valence-corrected chi connectivity index (χ1v) is 7.19. The van der Waals surface area contributed by atoms with E-state index in [-0.39, 0.29) is 30.3 Å². The number of nitrogens with zero attached hydrogens (tertiary/aromatic N) is 1. The number of hydrogen-bond donors (Lipinski definition) is 2. The molecule has 1 amide bonds. The van der Waals surface area contributed by atoms with Crippen LogP contribution in [0.1, 0.15) is 52.4 Å². The first kappa shape index (κ1) is 16.0. The van der Waals surface area contributed by atoms with Gasteiger partial charge in [-0.15, -0.1) is 0 Å². The molecule has 0 heterocycles. The fourth-order valence-electron chi connectivity index (χ4n) is 2.23. The van der Waals surface area contributed by atoms with Gasteiger partial charge >= 0.3 is 5.97 Å². The monoisotopic (exact) mass is 270 g/mol. The lowest BCUT2D eigenvalue weighted by atomic mass is 10.0. The van der Waals surface area contributed by atoms with Crippen molar-refractivity contribution in [2.75, 3.05) is 6.54 Å². The summed E-state index contributed by atoms with van der Waals surface area (Å²) >= 11 is 0. The Balaban J connectivity index is 2.39. The van der Waals surface area contributed by atoms with Crippen molar-refractivity contribution >= 4 is 11.9 Å². The predicted molar refractivity (Wildman–Crippen MR) is 73.7 cm³/mol. The Hall–Kier alpha value is -1.10. The summed E-state index contributed by atoms with van der Waals surface area (Å²) in [6, 6.07) is 0.455. The van der Waals surface area contributed by atoms with E-state index in [0.29, 0.717) is 6.54 Å². The molecule has 0 spiro atoms. The number of rotatable bonds is 9. The lowest BCUT2D eigenvalue weighted by Crippen LogP contribution is -2.38. The molecule has 0 aliphatic heterocycles. The zero-order chi connectivity index (χ0) is 14.4. The van der Waals surface area contributed by atoms with Gasteiger partial charge in [0.2, 0.25) is 5.91 Å². The van der Waals surface area contributed by atoms with Crippen LogP contribution in [0.15, 0.2) is 0 Å². The molecule has 2 unspecified atom stereocenters. The molecule has 0 saturated heterocycles. The third-order valence-corrected chi connectivity index (χ3v) is 3.56. The maximum absolute atomic E-state index is 12.3. The van der Waals surface area contributed by atoms with Crippen LogP contribution in [0.5, 0.6) is 0 Å². The van der Waals surface area contributed by atoms with E-state index in [4.69, 9.17) is 10.8 Å². The molecule has 0 aromatic rings. The summed E-state index contributed by atoms with van der Waals surface area (Å²) in [7, 11) is 0. The quantitative estimate of drug-likeness (QED) is 0.666. The second kappa shape index (κ2) is 7.48. The molecule has 3 N–H and O–H groups in total. The van der Waals surface area contributed by atoms with Gasteiger partial charge in [0.15, 0.2) is 0 Å². The molecule has 1 rings (SSSR count). The molecule has 110 valence electrons. The maximum Gasteiger partial charge on any atom is 0.305 e. The molecule has 5 nitrogen and oxygen atoms in total. The molecule has 1 aliphatic rings. The second-order valence-electron chi connectivity index (χ2n) is 5.72. The van der Waals surface area contributed by atoms with Gasteiger partial charge in [0.1, 0.15) is 0 Å². The van der Waals surface area contributed by atoms with E-state index in [1.165, 1.54) is 0 Å². The van der Waals surface area contributed by atoms with Crippen LogP contribution in [-0.4, -0.2) is 40.5 Å². The zero-order valence-corrected chi connectivity index (χ0v) is 12.0. The number of amides is 1. The Morgan fingerprint density at radius 3 is 2.42 bits per heavy atom. The second-order valence-corrected chi connectivity index (χ2v) is 5.72. The normalized spacial score (nSPS) is 17.8. The molecular weight excluding hydrogens is 244 g/mol. The largest absolute Gasteiger partial charge is 0.481 e. The van der Waals surface area contributed by atoms with E-state index in [1.807, 2.05) is 13.8 Å². The highest BCUT2D eigenvalue weighted by Crippen LogP contribution is 2.29. The Kier molecular flexibility index (Phi) is 6.28. The summed E-state index contributed by atoms with van der Waals surface area (Å²) in [4.78, 5) is 24.7. The summed E-state index contributed by atoms with van der Waals surface area (Å²) in [5, 5.41) is 8.74. The van der Waals surface area contributed by atoms with Gasteiger partial charge < -0.3 is 15.7 Å². The van der Waals surface area contributed by atoms with Crippen LogP contribution in [0.2, 0.25) is 0 Å². The molecule has 0 radical (unpaired) electrons. The topological polar surface area (TPSA) is 83.6 Å². The van der Waals surface area contributed by atoms with E-state index < -0.39 is 5.97 Å². The minimum atomic E-state index is -0.844. The predicted octanol–water partition coefficient (Wildman–Crippen LogP) is 1.61. The summed E-state index contributed by atoms with van der Waals surface area (Å²) in [6.45, 7) is 4.24. The van der Waals surface area contributed by atoms with Crippen LogP contribution in [0.25, 0.3) is 0 Å². The Labute approximate surface area is 115 Å². The number of carboxylic acid groups (broad SMARTS) is 1. The van der Waals surface area contributed by atoms with Crippen molar-refractivity contribution in [1.82, 2.24) is 4.90 Å². The summed E-state index contributed by atoms with van der Waals surface area (Å²) in [5.41, 5.74) is 5.69. The summed E-state index contributed by atoms with van der Waals surface area (Å²) in [6.07, 6.45) is 4.76. The number of carbonyl (C=O) groups excluding carboxylic acids is 1. The standard InChI is InChI=1S/C14H26N2O3/c1-10(4-3-5-11(2)15)14(19)16(12-6-7-12)9-8-13(17)18/h10-12H,3-9,15H2,1-2H3,(H,17,18). The minimum absolute atomic E-state index is 0.0341. The number of hydrogen-bond acceptors (Lipinski definition) is 3. The van der Waals surface area contributed by atoms with Crippen molar-refractivity contribution in [2.45, 2.75) is 64.5 Å². The SMILES string of the molecule is CC(N)CCCC(C)C(=O)N(CCC(=O)O)C1CC1. The first-order chi connectivity index (χ1) is 8.91. The first-order valence-electron chi connectivity index (χ1n) is 7.19. The lowest BCUT2D eigenvalue weighted by molar-refractivity contribution is -0.140. The molecule has 2 atom stereocenters. The highest BCUT2D eigenvalue weighted by atomic mass is 16.4. The number of carbonyl (C=O) groups is 2. The van der Waals surface area contributed by atoms with E-state index >= 15 is 0 Å². The van der Waals surface area contributed by atoms with Gasteiger partial charge in [-0.25, -0.2) is 0 Å². The molecule has 19 heavy (non-hydrogen) atoms. The van der Waals surface area contributed by atoms with Gasteiger partial charge in [-0.1, -0.05) is 13.3 Å². The summed E-state index contributed by atoms with van der Waals surface area (Å²) in [5.74, 6) is -0.773. The third kappa shape index (κ3) is 6.05. The Morgan fingerprint density at radius 2 is 1.95 bits per heavy atom. The van der Waals surface area contributed by atoms with Gasteiger partial charge in [0.05, 0.1) is 6.42 Å². The molecule has 1 saturated carbocycles. The van der Waals surface area contributed by atoms with Crippen LogP contribution in [0, 0.1) is 5.92 Å². The highest BCUT2D eigenvalue weighted by molar-refractivity contribution is 5.79. The van der Waals surface area contributed by atoms with Crippen LogP contribution in [-0.2, 0) is 9.59 Å². The van der Waals surface area contributed by atoms with Crippen LogP contribution < -0.4 is 5.73 Å². The van der Waals surface area contributed by atoms with Crippen molar-refractivity contribution < 1.29 is 14.7 Å². The zero-order valence-electron chi connectivity index (χ0n) is 12.0. The fourth-order valence-corrected chi connectivity index (χ4v) is 2.23. The molecule has 0 aromatic heterocycles. The number of nitrogens with two attached hydrogens (primary N) is 1. The molecule has 1 fully saturated rings. The third-order valence-electron chi connectivity index (χ3n) is 3.56. The lowest BCUT2D eigenvalue weighted by Gasteiger charge is -2.25. The highest BCUT2D eigenvalue weighted by Gasteiger charge is 2.34. The molecule has 5 heteroatoms. The molecule has 0 bridgehead atoms. The van der Waals surface area contributed by atoms with E-state index in [2.05, 4.69) is 0 Å². The average Bonchev–Trinajstić information content (AvgIpc) is 3.12. The molecular formula is C14H26N2O3. The molecule has 1 aliphatic carbocycles.